The SMILES string of the molecule is COC(=O)c1nc(Cl)c(N)c(CC2CCCCCCC2)c1Cl. The molecule has 6 heteroatoms. The summed E-state index contributed by atoms with van der Waals surface area (Å²) in [6.07, 6.45) is 9.39. The molecule has 1 heterocycles. The summed E-state index contributed by atoms with van der Waals surface area (Å²) >= 11 is 12.4. The first-order chi connectivity index (χ1) is 10.5. The van der Waals surface area contributed by atoms with Gasteiger partial charge in [-0.05, 0) is 17.9 Å². The van der Waals surface area contributed by atoms with Crippen molar-refractivity contribution >= 4 is 34.9 Å². The van der Waals surface area contributed by atoms with Crippen molar-refractivity contribution in [3.05, 3.63) is 21.4 Å². The van der Waals surface area contributed by atoms with E-state index in [2.05, 4.69) is 4.98 Å². The van der Waals surface area contributed by atoms with Gasteiger partial charge in [-0.25, -0.2) is 9.78 Å². The van der Waals surface area contributed by atoms with Gasteiger partial charge in [-0.2, -0.15) is 0 Å². The third kappa shape index (κ3) is 4.05. The predicted octanol–water partition coefficient (Wildman–Crippen LogP) is 4.66. The fourth-order valence-corrected chi connectivity index (χ4v) is 3.56. The Balaban J connectivity index is 2.28. The molecule has 1 saturated carbocycles. The summed E-state index contributed by atoms with van der Waals surface area (Å²) in [5.41, 5.74) is 7.20. The van der Waals surface area contributed by atoms with E-state index in [-0.39, 0.29) is 15.9 Å². The number of carbonyl (C=O) groups is 1. The first-order valence-electron chi connectivity index (χ1n) is 7.76. The molecular weight excluding hydrogens is 323 g/mol. The highest BCUT2D eigenvalue weighted by molar-refractivity contribution is 6.36. The summed E-state index contributed by atoms with van der Waals surface area (Å²) in [6, 6.07) is 0. The molecule has 1 aliphatic rings. The molecule has 1 aromatic rings. The van der Waals surface area contributed by atoms with Gasteiger partial charge in [0.15, 0.2) is 10.8 Å². The summed E-state index contributed by atoms with van der Waals surface area (Å²) in [5.74, 6) is -0.0742. The molecule has 0 spiro atoms. The van der Waals surface area contributed by atoms with Gasteiger partial charge in [0.25, 0.3) is 0 Å². The maximum absolute atomic E-state index is 11.8. The third-order valence-corrected chi connectivity index (χ3v) is 5.02. The topological polar surface area (TPSA) is 65.2 Å². The standard InChI is InChI=1S/C16H22Cl2N2O2/c1-22-16(21)14-12(17)11(13(19)15(18)20-14)9-10-7-5-3-2-4-6-8-10/h10H,2-9,19H2,1H3. The number of hydrogen-bond donors (Lipinski definition) is 1. The van der Waals surface area contributed by atoms with Crippen LogP contribution >= 0.6 is 23.2 Å². The number of pyridine rings is 1. The molecule has 122 valence electrons. The molecule has 4 nitrogen and oxygen atoms in total. The van der Waals surface area contributed by atoms with Crippen molar-refractivity contribution in [2.45, 2.75) is 51.4 Å². The number of rotatable bonds is 3. The molecular formula is C16H22Cl2N2O2. The van der Waals surface area contributed by atoms with Gasteiger partial charge in [-0.1, -0.05) is 68.1 Å². The average molecular weight is 345 g/mol. The summed E-state index contributed by atoms with van der Waals surface area (Å²) in [4.78, 5) is 15.7. The highest BCUT2D eigenvalue weighted by atomic mass is 35.5. The first kappa shape index (κ1) is 17.4. The van der Waals surface area contributed by atoms with Gasteiger partial charge in [0, 0.05) is 0 Å². The number of esters is 1. The minimum absolute atomic E-state index is 0.0456. The van der Waals surface area contributed by atoms with Crippen molar-refractivity contribution in [2.24, 2.45) is 5.92 Å². The molecule has 2 N–H and O–H groups in total. The molecule has 1 aliphatic carbocycles. The van der Waals surface area contributed by atoms with Crippen LogP contribution in [0.3, 0.4) is 0 Å². The number of nitrogens with two attached hydrogens (primary N) is 1. The minimum Gasteiger partial charge on any atom is -0.464 e. The van der Waals surface area contributed by atoms with Gasteiger partial charge in [0.1, 0.15) is 0 Å². The van der Waals surface area contributed by atoms with Crippen molar-refractivity contribution in [2.75, 3.05) is 12.8 Å². The van der Waals surface area contributed by atoms with Crippen LogP contribution in [0.25, 0.3) is 0 Å². The Morgan fingerprint density at radius 1 is 1.23 bits per heavy atom. The molecule has 1 aromatic heterocycles. The Morgan fingerprint density at radius 2 is 1.82 bits per heavy atom. The summed E-state index contributed by atoms with van der Waals surface area (Å²) in [6.45, 7) is 0. The van der Waals surface area contributed by atoms with Crippen molar-refractivity contribution in [3.63, 3.8) is 0 Å². The number of nitrogens with zero attached hydrogens (tertiary/aromatic N) is 1. The molecule has 0 aromatic carbocycles. The summed E-state index contributed by atoms with van der Waals surface area (Å²) in [7, 11) is 1.29. The van der Waals surface area contributed by atoms with Gasteiger partial charge < -0.3 is 10.5 Å². The van der Waals surface area contributed by atoms with Crippen LogP contribution in [0.5, 0.6) is 0 Å². The molecule has 0 atom stereocenters. The van der Waals surface area contributed by atoms with Gasteiger partial charge in [-0.3, -0.25) is 0 Å². The summed E-state index contributed by atoms with van der Waals surface area (Å²) in [5, 5.41) is 0.390. The zero-order chi connectivity index (χ0) is 16.1. The molecule has 1 fully saturated rings. The third-order valence-electron chi connectivity index (χ3n) is 4.33. The van der Waals surface area contributed by atoms with E-state index in [1.807, 2.05) is 0 Å². The molecule has 0 aliphatic heterocycles. The fraction of sp³-hybridized carbons (Fsp3) is 0.625. The molecule has 0 bridgehead atoms. The van der Waals surface area contributed by atoms with Crippen molar-refractivity contribution in [1.82, 2.24) is 4.98 Å². The van der Waals surface area contributed by atoms with E-state index in [0.29, 0.717) is 11.6 Å². The van der Waals surface area contributed by atoms with Gasteiger partial charge in [-0.15, -0.1) is 0 Å². The Morgan fingerprint density at radius 3 is 2.41 bits per heavy atom. The second-order valence-electron chi connectivity index (χ2n) is 5.86. The molecule has 0 unspecified atom stereocenters. The second-order valence-corrected chi connectivity index (χ2v) is 6.60. The number of nitrogen functional groups attached to an aromatic ring is 1. The van der Waals surface area contributed by atoms with Crippen LogP contribution < -0.4 is 5.73 Å². The molecule has 22 heavy (non-hydrogen) atoms. The molecule has 0 radical (unpaired) electrons. The molecule has 2 rings (SSSR count). The predicted molar refractivity (Wildman–Crippen MR) is 89.5 cm³/mol. The number of methoxy groups -OCH3 is 1. The van der Waals surface area contributed by atoms with Crippen LogP contribution in [-0.4, -0.2) is 18.1 Å². The lowest BCUT2D eigenvalue weighted by molar-refractivity contribution is 0.0594. The maximum atomic E-state index is 11.8. The normalized spacial score (nSPS) is 16.9. The monoisotopic (exact) mass is 344 g/mol. The van der Waals surface area contributed by atoms with E-state index < -0.39 is 5.97 Å². The zero-order valence-electron chi connectivity index (χ0n) is 12.8. The van der Waals surface area contributed by atoms with Crippen LogP contribution in [0, 0.1) is 5.92 Å². The Bertz CT molecular complexity index is 541. The van der Waals surface area contributed by atoms with Crippen LogP contribution in [-0.2, 0) is 11.2 Å². The highest BCUT2D eigenvalue weighted by Gasteiger charge is 2.23. The number of anilines is 1. The first-order valence-corrected chi connectivity index (χ1v) is 8.51. The zero-order valence-corrected chi connectivity index (χ0v) is 14.3. The van der Waals surface area contributed by atoms with Crippen molar-refractivity contribution in [3.8, 4) is 0 Å². The molecule has 0 amide bonds. The minimum atomic E-state index is -0.592. The number of carbonyl (C=O) groups excluding carboxylic acids is 1. The highest BCUT2D eigenvalue weighted by Crippen LogP contribution is 2.35. The maximum Gasteiger partial charge on any atom is 0.358 e. The fourth-order valence-electron chi connectivity index (χ4n) is 3.06. The molecule has 0 saturated heterocycles. The largest absolute Gasteiger partial charge is 0.464 e. The van der Waals surface area contributed by atoms with E-state index in [0.717, 1.165) is 24.8 Å². The lowest BCUT2D eigenvalue weighted by atomic mass is 9.86. The van der Waals surface area contributed by atoms with E-state index >= 15 is 0 Å². The quantitative estimate of drug-likeness (QED) is 0.639. The number of hydrogen-bond acceptors (Lipinski definition) is 4. The van der Waals surface area contributed by atoms with E-state index in [4.69, 9.17) is 33.7 Å². The Hall–Kier alpha value is -1.00. The van der Waals surface area contributed by atoms with E-state index in [1.165, 1.54) is 39.2 Å². The van der Waals surface area contributed by atoms with Crippen LogP contribution in [0.4, 0.5) is 5.69 Å². The number of aromatic nitrogens is 1. The van der Waals surface area contributed by atoms with E-state index in [1.54, 1.807) is 0 Å². The van der Waals surface area contributed by atoms with E-state index in [9.17, 15) is 4.79 Å². The smallest absolute Gasteiger partial charge is 0.358 e. The van der Waals surface area contributed by atoms with Crippen LogP contribution in [0.15, 0.2) is 0 Å². The number of halogens is 2. The van der Waals surface area contributed by atoms with Crippen LogP contribution in [0.2, 0.25) is 10.2 Å². The second kappa shape index (κ2) is 8.02. The Labute approximate surface area is 141 Å². The van der Waals surface area contributed by atoms with Crippen molar-refractivity contribution in [1.29, 1.82) is 0 Å². The summed E-state index contributed by atoms with van der Waals surface area (Å²) < 4.78 is 4.71. The Kier molecular flexibility index (Phi) is 6.33. The van der Waals surface area contributed by atoms with Gasteiger partial charge in [0.2, 0.25) is 0 Å². The van der Waals surface area contributed by atoms with Gasteiger partial charge >= 0.3 is 5.97 Å². The van der Waals surface area contributed by atoms with Crippen LogP contribution in [0.1, 0.15) is 61.0 Å². The number of ether oxygens (including phenoxy) is 1. The lowest BCUT2D eigenvalue weighted by Gasteiger charge is -2.21. The average Bonchev–Trinajstić information content (AvgIpc) is 2.48. The lowest BCUT2D eigenvalue weighted by Crippen LogP contribution is -2.14. The van der Waals surface area contributed by atoms with Crippen molar-refractivity contribution < 1.29 is 9.53 Å². The van der Waals surface area contributed by atoms with Gasteiger partial charge in [0.05, 0.1) is 17.8 Å².